The Hall–Kier alpha value is -4.01. The van der Waals surface area contributed by atoms with Crippen molar-refractivity contribution in [3.8, 4) is 22.5 Å². The number of H-pyrrole nitrogens is 1. The van der Waals surface area contributed by atoms with E-state index in [9.17, 15) is 9.59 Å². The Morgan fingerprint density at radius 1 is 1.14 bits per heavy atom. The summed E-state index contributed by atoms with van der Waals surface area (Å²) in [5.41, 5.74) is 5.68. The van der Waals surface area contributed by atoms with Gasteiger partial charge in [0.1, 0.15) is 0 Å². The van der Waals surface area contributed by atoms with Crippen molar-refractivity contribution < 1.29 is 9.53 Å². The van der Waals surface area contributed by atoms with Gasteiger partial charge in [-0.2, -0.15) is 5.21 Å². The zero-order valence-electron chi connectivity index (χ0n) is 19.9. The Bertz CT molecular complexity index is 1390. The third-order valence-electron chi connectivity index (χ3n) is 6.65. The molecule has 1 N–H and O–H groups in total. The highest BCUT2D eigenvalue weighted by Crippen LogP contribution is 2.30. The third kappa shape index (κ3) is 4.18. The van der Waals surface area contributed by atoms with E-state index in [1.54, 1.807) is 4.68 Å². The van der Waals surface area contributed by atoms with Crippen molar-refractivity contribution in [3.05, 3.63) is 75.7 Å². The molecule has 0 saturated heterocycles. The zero-order valence-corrected chi connectivity index (χ0v) is 19.9. The first-order valence-electron chi connectivity index (χ1n) is 12.0. The van der Waals surface area contributed by atoms with Crippen molar-refractivity contribution >= 4 is 5.97 Å². The molecule has 1 aliphatic rings. The second-order valence-corrected chi connectivity index (χ2v) is 8.78. The molecule has 35 heavy (non-hydrogen) atoms. The lowest BCUT2D eigenvalue weighted by molar-refractivity contribution is -0.146. The molecule has 0 fully saturated rings. The number of tetrazole rings is 1. The van der Waals surface area contributed by atoms with Crippen LogP contribution >= 0.6 is 0 Å². The third-order valence-corrected chi connectivity index (χ3v) is 6.65. The summed E-state index contributed by atoms with van der Waals surface area (Å²) >= 11 is 0. The van der Waals surface area contributed by atoms with Crippen molar-refractivity contribution in [2.75, 3.05) is 7.11 Å². The van der Waals surface area contributed by atoms with Gasteiger partial charge in [-0.1, -0.05) is 61.9 Å². The molecule has 0 bridgehead atoms. The minimum absolute atomic E-state index is 0.0879. The summed E-state index contributed by atoms with van der Waals surface area (Å²) in [7, 11) is 1.38. The van der Waals surface area contributed by atoms with E-state index in [4.69, 9.17) is 4.74 Å². The fraction of sp³-hybridized carbons (Fsp3) is 0.346. The highest BCUT2D eigenvalue weighted by molar-refractivity contribution is 5.80. The number of aromatic nitrogens is 6. The van der Waals surface area contributed by atoms with Crippen molar-refractivity contribution in [1.82, 2.24) is 30.0 Å². The molecule has 9 heteroatoms. The second-order valence-electron chi connectivity index (χ2n) is 8.78. The first kappa shape index (κ1) is 22.8. The standard InChI is InChI=1S/C26H28N6O3/c1-3-7-22-21(25(33)32-23(26(34)35-2)10-6-15-31(22)32)16-17-11-13-18(14-12-17)19-8-4-5-9-20(19)24-27-29-30-28-24/h4-5,8-9,11-14,23H,3,6-7,10,15-16H2,1-2H3,(H,27,28,29,30). The number of esters is 1. The summed E-state index contributed by atoms with van der Waals surface area (Å²) < 4.78 is 8.64. The number of hydrogen-bond donors (Lipinski definition) is 1. The maximum absolute atomic E-state index is 13.5. The number of hydrogen-bond acceptors (Lipinski definition) is 6. The molecule has 5 rings (SSSR count). The Morgan fingerprint density at radius 3 is 2.60 bits per heavy atom. The number of methoxy groups -OCH3 is 1. The van der Waals surface area contributed by atoms with Gasteiger partial charge in [0.15, 0.2) is 6.04 Å². The van der Waals surface area contributed by atoms with Crippen LogP contribution < -0.4 is 5.56 Å². The lowest BCUT2D eigenvalue weighted by atomic mass is 9.96. The first-order chi connectivity index (χ1) is 17.1. The van der Waals surface area contributed by atoms with E-state index in [-0.39, 0.29) is 11.5 Å². The number of benzene rings is 2. The topological polar surface area (TPSA) is 108 Å². The maximum Gasteiger partial charge on any atom is 0.330 e. The number of fused-ring (bicyclic) bond motifs is 1. The first-order valence-corrected chi connectivity index (χ1v) is 12.0. The molecular weight excluding hydrogens is 444 g/mol. The number of nitrogens with zero attached hydrogens (tertiary/aromatic N) is 5. The monoisotopic (exact) mass is 472 g/mol. The SMILES string of the molecule is CCCc1c(Cc2ccc(-c3ccccc3-c3nn[nH]n3)cc2)c(=O)n2n1CCCC2C(=O)OC. The van der Waals surface area contributed by atoms with E-state index in [2.05, 4.69) is 51.8 Å². The molecule has 0 saturated carbocycles. The second kappa shape index (κ2) is 9.69. The smallest absolute Gasteiger partial charge is 0.330 e. The van der Waals surface area contributed by atoms with Crippen LogP contribution in [0.5, 0.6) is 0 Å². The predicted octanol–water partition coefficient (Wildman–Crippen LogP) is 3.55. The number of nitrogens with one attached hydrogen (secondary N) is 1. The van der Waals surface area contributed by atoms with Gasteiger partial charge in [-0.15, -0.1) is 10.2 Å². The van der Waals surface area contributed by atoms with Gasteiger partial charge in [0.25, 0.3) is 5.56 Å². The summed E-state index contributed by atoms with van der Waals surface area (Å²) in [4.78, 5) is 25.9. The van der Waals surface area contributed by atoms with Crippen LogP contribution in [0.25, 0.3) is 22.5 Å². The summed E-state index contributed by atoms with van der Waals surface area (Å²) in [6.45, 7) is 2.85. The van der Waals surface area contributed by atoms with Gasteiger partial charge in [0, 0.05) is 29.8 Å². The number of carbonyl (C=O) groups excluding carboxylic acids is 1. The fourth-order valence-corrected chi connectivity index (χ4v) is 5.03. The summed E-state index contributed by atoms with van der Waals surface area (Å²) in [6.07, 6.45) is 3.70. The molecule has 0 aliphatic carbocycles. The lowest BCUT2D eigenvalue weighted by Gasteiger charge is -2.26. The number of rotatable bonds is 7. The summed E-state index contributed by atoms with van der Waals surface area (Å²) in [5.74, 6) is 0.186. The molecule has 180 valence electrons. The van der Waals surface area contributed by atoms with Crippen LogP contribution in [0, 0.1) is 0 Å². The van der Waals surface area contributed by atoms with E-state index in [0.29, 0.717) is 18.7 Å². The Balaban J connectivity index is 1.49. The highest BCUT2D eigenvalue weighted by Gasteiger charge is 2.32. The van der Waals surface area contributed by atoms with E-state index in [0.717, 1.165) is 59.3 Å². The van der Waals surface area contributed by atoms with Gasteiger partial charge in [0.2, 0.25) is 5.82 Å². The summed E-state index contributed by atoms with van der Waals surface area (Å²) in [5, 5.41) is 14.4. The van der Waals surface area contributed by atoms with Crippen LogP contribution in [-0.4, -0.2) is 43.1 Å². The minimum atomic E-state index is -0.561. The Kier molecular flexibility index (Phi) is 6.31. The van der Waals surface area contributed by atoms with Crippen molar-refractivity contribution in [2.24, 2.45) is 0 Å². The number of ether oxygens (including phenoxy) is 1. The Morgan fingerprint density at radius 2 is 1.91 bits per heavy atom. The molecule has 0 spiro atoms. The van der Waals surface area contributed by atoms with Crippen LogP contribution in [0.15, 0.2) is 53.3 Å². The lowest BCUT2D eigenvalue weighted by Crippen LogP contribution is -2.37. The van der Waals surface area contributed by atoms with Gasteiger partial charge >= 0.3 is 5.97 Å². The van der Waals surface area contributed by atoms with Gasteiger partial charge in [-0.05, 0) is 41.2 Å². The number of carbonyl (C=O) groups is 1. The van der Waals surface area contributed by atoms with Crippen LogP contribution in [-0.2, 0) is 28.9 Å². The zero-order chi connectivity index (χ0) is 24.4. The van der Waals surface area contributed by atoms with Crippen LogP contribution in [0.4, 0.5) is 0 Å². The molecule has 3 heterocycles. The molecular formula is C26H28N6O3. The Labute approximate surface area is 202 Å². The average molecular weight is 473 g/mol. The van der Waals surface area contributed by atoms with Crippen LogP contribution in [0.3, 0.4) is 0 Å². The molecule has 1 atom stereocenters. The molecule has 2 aromatic heterocycles. The van der Waals surface area contributed by atoms with E-state index >= 15 is 0 Å². The quantitative estimate of drug-likeness (QED) is 0.412. The minimum Gasteiger partial charge on any atom is -0.467 e. The molecule has 0 radical (unpaired) electrons. The van der Waals surface area contributed by atoms with Gasteiger partial charge in [0.05, 0.1) is 7.11 Å². The predicted molar refractivity (Wildman–Crippen MR) is 131 cm³/mol. The summed E-state index contributed by atoms with van der Waals surface area (Å²) in [6, 6.07) is 15.6. The maximum atomic E-state index is 13.5. The normalized spacial score (nSPS) is 15.1. The van der Waals surface area contributed by atoms with E-state index in [1.165, 1.54) is 7.11 Å². The van der Waals surface area contributed by atoms with Gasteiger partial charge < -0.3 is 4.74 Å². The van der Waals surface area contributed by atoms with Crippen molar-refractivity contribution in [2.45, 2.75) is 51.6 Å². The highest BCUT2D eigenvalue weighted by atomic mass is 16.5. The molecule has 1 aliphatic heterocycles. The van der Waals surface area contributed by atoms with Gasteiger partial charge in [-0.25, -0.2) is 9.48 Å². The fourth-order valence-electron chi connectivity index (χ4n) is 5.03. The molecule has 2 aromatic carbocycles. The molecule has 0 amide bonds. The average Bonchev–Trinajstić information content (AvgIpc) is 3.52. The molecule has 9 nitrogen and oxygen atoms in total. The molecule has 4 aromatic rings. The van der Waals surface area contributed by atoms with Crippen LogP contribution in [0.1, 0.15) is 49.0 Å². The van der Waals surface area contributed by atoms with Gasteiger partial charge in [-0.3, -0.25) is 9.48 Å². The largest absolute Gasteiger partial charge is 0.467 e. The van der Waals surface area contributed by atoms with E-state index < -0.39 is 6.04 Å². The van der Waals surface area contributed by atoms with E-state index in [1.807, 2.05) is 28.9 Å². The van der Waals surface area contributed by atoms with Crippen LogP contribution in [0.2, 0.25) is 0 Å². The van der Waals surface area contributed by atoms with Crippen molar-refractivity contribution in [3.63, 3.8) is 0 Å². The van der Waals surface area contributed by atoms with Crippen molar-refractivity contribution in [1.29, 1.82) is 0 Å². The number of aromatic amines is 1. The molecule has 1 unspecified atom stereocenters.